The average molecular weight is 181 g/mol. The van der Waals surface area contributed by atoms with Crippen LogP contribution in [-0.2, 0) is 4.74 Å². The van der Waals surface area contributed by atoms with Crippen molar-refractivity contribution in [2.24, 2.45) is 0 Å². The number of hydrogen-bond acceptors (Lipinski definition) is 2. The first-order valence-electron chi connectivity index (χ1n) is 3.99. The molecule has 0 heterocycles. The van der Waals surface area contributed by atoms with E-state index in [0.29, 0.717) is 12.5 Å². The normalized spacial score (nSPS) is 16.4. The highest BCUT2D eigenvalue weighted by atomic mass is 35.5. The van der Waals surface area contributed by atoms with Crippen LogP contribution in [0.4, 0.5) is 0 Å². The Morgan fingerprint density at radius 1 is 1.55 bits per heavy atom. The van der Waals surface area contributed by atoms with E-state index in [-0.39, 0.29) is 6.61 Å². The molecule has 0 aliphatic heterocycles. The Kier molecular flexibility index (Phi) is 5.92. The molecule has 0 fully saturated rings. The van der Waals surface area contributed by atoms with Gasteiger partial charge >= 0.3 is 0 Å². The third-order valence-corrected chi connectivity index (χ3v) is 2.13. The summed E-state index contributed by atoms with van der Waals surface area (Å²) in [6.07, 6.45) is 2.12. The van der Waals surface area contributed by atoms with Crippen molar-refractivity contribution < 1.29 is 9.84 Å². The number of aliphatic hydroxyl groups is 1. The van der Waals surface area contributed by atoms with Crippen LogP contribution in [0.15, 0.2) is 0 Å². The first kappa shape index (κ1) is 11.2. The number of hydrogen-bond donors (Lipinski definition) is 1. The van der Waals surface area contributed by atoms with Gasteiger partial charge in [-0.1, -0.05) is 13.3 Å². The standard InChI is InChI=1S/C8H17ClO2/c1-3-4-5-11-8(2,6-9)7-10/h10H,3-7H2,1-2H3. The fourth-order valence-corrected chi connectivity index (χ4v) is 0.751. The molecule has 0 aliphatic rings. The van der Waals surface area contributed by atoms with E-state index in [2.05, 4.69) is 6.92 Å². The molecular formula is C8H17ClO2. The molecule has 0 spiro atoms. The van der Waals surface area contributed by atoms with Gasteiger partial charge in [-0.15, -0.1) is 11.6 Å². The maximum atomic E-state index is 8.88. The Morgan fingerprint density at radius 2 is 2.18 bits per heavy atom. The van der Waals surface area contributed by atoms with Crippen molar-refractivity contribution in [2.75, 3.05) is 19.1 Å². The molecule has 0 bridgehead atoms. The number of rotatable bonds is 6. The van der Waals surface area contributed by atoms with Crippen LogP contribution in [0.5, 0.6) is 0 Å². The van der Waals surface area contributed by atoms with Gasteiger partial charge in [-0.25, -0.2) is 0 Å². The summed E-state index contributed by atoms with van der Waals surface area (Å²) in [5.74, 6) is 0.340. The van der Waals surface area contributed by atoms with Gasteiger partial charge in [-0.2, -0.15) is 0 Å². The Labute approximate surface area is 73.5 Å². The number of ether oxygens (including phenoxy) is 1. The number of alkyl halides is 1. The third kappa shape index (κ3) is 4.62. The lowest BCUT2D eigenvalue weighted by Gasteiger charge is -2.24. The molecule has 0 aromatic heterocycles. The highest BCUT2D eigenvalue weighted by molar-refractivity contribution is 6.18. The first-order valence-corrected chi connectivity index (χ1v) is 4.53. The summed E-state index contributed by atoms with van der Waals surface area (Å²) in [7, 11) is 0. The molecule has 0 aromatic rings. The van der Waals surface area contributed by atoms with E-state index in [9.17, 15) is 0 Å². The maximum absolute atomic E-state index is 8.88. The molecule has 0 amide bonds. The van der Waals surface area contributed by atoms with Crippen molar-refractivity contribution in [1.82, 2.24) is 0 Å². The summed E-state index contributed by atoms with van der Waals surface area (Å²) in [5, 5.41) is 8.88. The van der Waals surface area contributed by atoms with E-state index in [1.807, 2.05) is 6.92 Å². The van der Waals surface area contributed by atoms with Gasteiger partial charge in [0.25, 0.3) is 0 Å². The molecular weight excluding hydrogens is 164 g/mol. The number of unbranched alkanes of at least 4 members (excludes halogenated alkanes) is 1. The van der Waals surface area contributed by atoms with Crippen molar-refractivity contribution in [2.45, 2.75) is 32.3 Å². The molecule has 0 rings (SSSR count). The van der Waals surface area contributed by atoms with E-state index in [0.717, 1.165) is 12.8 Å². The van der Waals surface area contributed by atoms with E-state index >= 15 is 0 Å². The van der Waals surface area contributed by atoms with E-state index < -0.39 is 5.60 Å². The van der Waals surface area contributed by atoms with Crippen LogP contribution >= 0.6 is 11.6 Å². The molecule has 11 heavy (non-hydrogen) atoms. The Morgan fingerprint density at radius 3 is 2.55 bits per heavy atom. The van der Waals surface area contributed by atoms with Gasteiger partial charge in [-0.3, -0.25) is 0 Å². The minimum absolute atomic E-state index is 0.0137. The first-order chi connectivity index (χ1) is 5.18. The Bertz CT molecular complexity index is 92.1. The third-order valence-electron chi connectivity index (χ3n) is 1.57. The monoisotopic (exact) mass is 180 g/mol. The van der Waals surface area contributed by atoms with Gasteiger partial charge in [0, 0.05) is 6.61 Å². The lowest BCUT2D eigenvalue weighted by atomic mass is 10.1. The molecule has 0 saturated heterocycles. The predicted octanol–water partition coefficient (Wildman–Crippen LogP) is 1.79. The number of halogens is 1. The van der Waals surface area contributed by atoms with Gasteiger partial charge in [0.1, 0.15) is 5.60 Å². The zero-order valence-electron chi connectivity index (χ0n) is 7.27. The average Bonchev–Trinajstić information content (AvgIpc) is 2.05. The predicted molar refractivity (Wildman–Crippen MR) is 47.1 cm³/mol. The molecule has 68 valence electrons. The van der Waals surface area contributed by atoms with Crippen LogP contribution in [0, 0.1) is 0 Å². The van der Waals surface area contributed by atoms with E-state index in [1.165, 1.54) is 0 Å². The molecule has 3 heteroatoms. The van der Waals surface area contributed by atoms with Crippen LogP contribution in [0.25, 0.3) is 0 Å². The molecule has 0 aromatic carbocycles. The van der Waals surface area contributed by atoms with Crippen LogP contribution in [0.2, 0.25) is 0 Å². The highest BCUT2D eigenvalue weighted by Crippen LogP contribution is 2.11. The summed E-state index contributed by atoms with van der Waals surface area (Å²) in [6, 6.07) is 0. The van der Waals surface area contributed by atoms with Crippen molar-refractivity contribution in [1.29, 1.82) is 0 Å². The topological polar surface area (TPSA) is 29.5 Å². The second kappa shape index (κ2) is 5.81. The van der Waals surface area contributed by atoms with Gasteiger partial charge in [0.2, 0.25) is 0 Å². The maximum Gasteiger partial charge on any atom is 0.102 e. The van der Waals surface area contributed by atoms with Crippen LogP contribution < -0.4 is 0 Å². The smallest absolute Gasteiger partial charge is 0.102 e. The SMILES string of the molecule is CCCCOC(C)(CO)CCl. The van der Waals surface area contributed by atoms with Gasteiger partial charge in [-0.05, 0) is 13.3 Å². The second-order valence-electron chi connectivity index (χ2n) is 2.94. The van der Waals surface area contributed by atoms with Gasteiger partial charge < -0.3 is 9.84 Å². The second-order valence-corrected chi connectivity index (χ2v) is 3.21. The minimum atomic E-state index is -0.545. The number of aliphatic hydroxyl groups excluding tert-OH is 1. The zero-order valence-corrected chi connectivity index (χ0v) is 8.02. The summed E-state index contributed by atoms with van der Waals surface area (Å²) < 4.78 is 5.39. The largest absolute Gasteiger partial charge is 0.393 e. The lowest BCUT2D eigenvalue weighted by molar-refractivity contribution is -0.0517. The van der Waals surface area contributed by atoms with E-state index in [4.69, 9.17) is 21.4 Å². The fraction of sp³-hybridized carbons (Fsp3) is 1.00. The zero-order chi connectivity index (χ0) is 8.74. The fourth-order valence-electron chi connectivity index (χ4n) is 0.589. The molecule has 0 saturated carbocycles. The molecule has 1 unspecified atom stereocenters. The van der Waals surface area contributed by atoms with Crippen molar-refractivity contribution in [3.05, 3.63) is 0 Å². The molecule has 1 atom stereocenters. The van der Waals surface area contributed by atoms with Crippen LogP contribution in [0.3, 0.4) is 0 Å². The molecule has 2 nitrogen and oxygen atoms in total. The molecule has 0 aliphatic carbocycles. The molecule has 1 N–H and O–H groups in total. The van der Waals surface area contributed by atoms with Crippen molar-refractivity contribution in [3.63, 3.8) is 0 Å². The van der Waals surface area contributed by atoms with Crippen molar-refractivity contribution in [3.8, 4) is 0 Å². The Hall–Kier alpha value is 0.210. The van der Waals surface area contributed by atoms with Gasteiger partial charge in [0.15, 0.2) is 0 Å². The Balaban J connectivity index is 3.51. The summed E-state index contributed by atoms with van der Waals surface area (Å²) in [5.41, 5.74) is -0.545. The van der Waals surface area contributed by atoms with Crippen molar-refractivity contribution >= 4 is 11.6 Å². The van der Waals surface area contributed by atoms with E-state index in [1.54, 1.807) is 0 Å². The lowest BCUT2D eigenvalue weighted by Crippen LogP contribution is -2.35. The highest BCUT2D eigenvalue weighted by Gasteiger charge is 2.21. The van der Waals surface area contributed by atoms with Crippen LogP contribution in [-0.4, -0.2) is 29.8 Å². The summed E-state index contributed by atoms with van der Waals surface area (Å²) >= 11 is 5.60. The van der Waals surface area contributed by atoms with Crippen LogP contribution in [0.1, 0.15) is 26.7 Å². The van der Waals surface area contributed by atoms with Gasteiger partial charge in [0.05, 0.1) is 12.5 Å². The summed E-state index contributed by atoms with van der Waals surface area (Å²) in [4.78, 5) is 0. The minimum Gasteiger partial charge on any atom is -0.393 e. The quantitative estimate of drug-likeness (QED) is 0.499. The summed E-state index contributed by atoms with van der Waals surface area (Å²) in [6.45, 7) is 4.58. The molecule has 0 radical (unpaired) electrons.